The highest BCUT2D eigenvalue weighted by molar-refractivity contribution is 5.85. The van der Waals surface area contributed by atoms with Crippen molar-refractivity contribution < 1.29 is 4.74 Å². The maximum absolute atomic E-state index is 6.25. The lowest BCUT2D eigenvalue weighted by molar-refractivity contribution is 0.304. The molecule has 6 heteroatoms. The minimum absolute atomic E-state index is 0. The Bertz CT molecular complexity index is 1430. The zero-order chi connectivity index (χ0) is 24.2. The van der Waals surface area contributed by atoms with Crippen molar-refractivity contribution >= 4 is 23.9 Å². The van der Waals surface area contributed by atoms with Crippen molar-refractivity contribution in [3.63, 3.8) is 0 Å². The molecule has 0 bridgehead atoms. The van der Waals surface area contributed by atoms with Crippen molar-refractivity contribution in [1.29, 1.82) is 0 Å². The van der Waals surface area contributed by atoms with Gasteiger partial charge >= 0.3 is 0 Å². The van der Waals surface area contributed by atoms with Crippen LogP contribution >= 0.6 is 12.4 Å². The van der Waals surface area contributed by atoms with E-state index in [4.69, 9.17) is 15.5 Å². The van der Waals surface area contributed by atoms with Crippen LogP contribution in [0.5, 0.6) is 5.75 Å². The van der Waals surface area contributed by atoms with E-state index in [0.717, 1.165) is 28.5 Å². The first kappa shape index (κ1) is 25.3. The quantitative estimate of drug-likeness (QED) is 0.243. The van der Waals surface area contributed by atoms with Crippen LogP contribution in [-0.2, 0) is 13.2 Å². The topological polar surface area (TPSA) is 64.6 Å². The Hall–Kier alpha value is -3.80. The first-order valence-electron chi connectivity index (χ1n) is 11.9. The summed E-state index contributed by atoms with van der Waals surface area (Å²) in [5.74, 6) is 1.67. The smallest absolute Gasteiger partial charge is 0.138 e. The average Bonchev–Trinajstić information content (AvgIpc) is 3.25. The van der Waals surface area contributed by atoms with Gasteiger partial charge in [0, 0.05) is 12.6 Å². The summed E-state index contributed by atoms with van der Waals surface area (Å²) < 4.78 is 8.28. The van der Waals surface area contributed by atoms with Crippen LogP contribution < -0.4 is 15.8 Å². The normalized spacial score (nSPS) is 11.6. The number of halogens is 1. The third-order valence-corrected chi connectivity index (χ3v) is 6.43. The summed E-state index contributed by atoms with van der Waals surface area (Å²) in [6.45, 7) is 5.13. The number of pyridine rings is 1. The fraction of sp³-hybridized carbons (Fsp3) is 0.167. The Balaban J connectivity index is 0.00000304. The van der Waals surface area contributed by atoms with E-state index >= 15 is 0 Å². The maximum Gasteiger partial charge on any atom is 0.138 e. The molecule has 1 atom stereocenters. The number of nitrogens with one attached hydrogen (secondary N) is 1. The minimum atomic E-state index is 0. The van der Waals surface area contributed by atoms with Gasteiger partial charge in [0.1, 0.15) is 23.8 Å². The maximum atomic E-state index is 6.25. The van der Waals surface area contributed by atoms with Gasteiger partial charge in [-0.05, 0) is 53.8 Å². The molecule has 5 nitrogen and oxygen atoms in total. The molecule has 0 fully saturated rings. The van der Waals surface area contributed by atoms with Gasteiger partial charge in [0.25, 0.3) is 0 Å². The molecule has 36 heavy (non-hydrogen) atoms. The van der Waals surface area contributed by atoms with Crippen molar-refractivity contribution in [2.75, 3.05) is 5.32 Å². The lowest BCUT2D eigenvalue weighted by Crippen LogP contribution is -2.11. The zero-order valence-electron chi connectivity index (χ0n) is 20.5. The van der Waals surface area contributed by atoms with Crippen LogP contribution in [0.1, 0.15) is 35.3 Å². The molecular formula is C30H31ClN4O. The van der Waals surface area contributed by atoms with Gasteiger partial charge in [0.05, 0.1) is 11.9 Å². The van der Waals surface area contributed by atoms with Gasteiger partial charge in [-0.2, -0.15) is 0 Å². The summed E-state index contributed by atoms with van der Waals surface area (Å²) in [7, 11) is 0. The average molecular weight is 499 g/mol. The van der Waals surface area contributed by atoms with Crippen molar-refractivity contribution in [2.24, 2.45) is 5.73 Å². The molecule has 1 unspecified atom stereocenters. The fourth-order valence-corrected chi connectivity index (χ4v) is 4.42. The molecule has 0 aliphatic heterocycles. The van der Waals surface area contributed by atoms with E-state index < -0.39 is 0 Å². The molecule has 2 aromatic heterocycles. The molecule has 0 saturated carbocycles. The second-order valence-electron chi connectivity index (χ2n) is 8.73. The summed E-state index contributed by atoms with van der Waals surface area (Å²) >= 11 is 0. The fourth-order valence-electron chi connectivity index (χ4n) is 4.42. The summed E-state index contributed by atoms with van der Waals surface area (Å²) in [5, 5.41) is 3.60. The minimum Gasteiger partial charge on any atom is -0.487 e. The van der Waals surface area contributed by atoms with Crippen LogP contribution in [0.15, 0.2) is 97.2 Å². The number of rotatable bonds is 8. The van der Waals surface area contributed by atoms with E-state index in [9.17, 15) is 0 Å². The lowest BCUT2D eigenvalue weighted by Gasteiger charge is -2.17. The highest BCUT2D eigenvalue weighted by Gasteiger charge is 2.15. The van der Waals surface area contributed by atoms with E-state index in [1.807, 2.05) is 47.0 Å². The summed E-state index contributed by atoms with van der Waals surface area (Å²) in [6, 6.07) is 31.2. The van der Waals surface area contributed by atoms with E-state index in [1.165, 1.54) is 22.3 Å². The predicted octanol–water partition coefficient (Wildman–Crippen LogP) is 6.94. The van der Waals surface area contributed by atoms with E-state index in [2.05, 4.69) is 73.8 Å². The second kappa shape index (κ2) is 11.3. The van der Waals surface area contributed by atoms with Crippen molar-refractivity contribution in [1.82, 2.24) is 9.38 Å². The number of hydrogen-bond donors (Lipinski definition) is 2. The monoisotopic (exact) mass is 498 g/mol. The number of anilines is 1. The van der Waals surface area contributed by atoms with Gasteiger partial charge in [0.2, 0.25) is 0 Å². The Kier molecular flexibility index (Phi) is 7.93. The van der Waals surface area contributed by atoms with Crippen molar-refractivity contribution in [2.45, 2.75) is 33.0 Å². The number of ether oxygens (including phenoxy) is 1. The Morgan fingerprint density at radius 1 is 0.917 bits per heavy atom. The van der Waals surface area contributed by atoms with Gasteiger partial charge in [0.15, 0.2) is 0 Å². The number of benzene rings is 3. The molecule has 5 aromatic rings. The summed E-state index contributed by atoms with van der Waals surface area (Å²) in [4.78, 5) is 4.72. The number of nitrogens with zero attached hydrogens (tertiary/aromatic N) is 2. The second-order valence-corrected chi connectivity index (χ2v) is 8.73. The molecular weight excluding hydrogens is 468 g/mol. The van der Waals surface area contributed by atoms with Crippen LogP contribution in [0.2, 0.25) is 0 Å². The third kappa shape index (κ3) is 5.23. The molecule has 2 heterocycles. The number of imidazole rings is 1. The molecule has 0 radical (unpaired) electrons. The molecule has 0 saturated heterocycles. The molecule has 5 rings (SSSR count). The molecule has 0 spiro atoms. The number of aromatic nitrogens is 2. The van der Waals surface area contributed by atoms with Gasteiger partial charge in [-0.3, -0.25) is 4.40 Å². The predicted molar refractivity (Wildman–Crippen MR) is 150 cm³/mol. The van der Waals surface area contributed by atoms with Crippen LogP contribution in [0, 0.1) is 6.92 Å². The highest BCUT2D eigenvalue weighted by atomic mass is 35.5. The van der Waals surface area contributed by atoms with E-state index in [0.29, 0.717) is 13.2 Å². The van der Waals surface area contributed by atoms with Gasteiger partial charge in [-0.15, -0.1) is 12.4 Å². The van der Waals surface area contributed by atoms with Gasteiger partial charge < -0.3 is 15.8 Å². The molecule has 3 aromatic carbocycles. The van der Waals surface area contributed by atoms with Gasteiger partial charge in [-0.1, -0.05) is 78.9 Å². The molecule has 184 valence electrons. The first-order chi connectivity index (χ1) is 17.1. The number of nitrogens with two attached hydrogens (primary N) is 1. The number of fused-ring (bicyclic) bond motifs is 1. The summed E-state index contributed by atoms with van der Waals surface area (Å²) in [6.07, 6.45) is 1.98. The van der Waals surface area contributed by atoms with E-state index in [-0.39, 0.29) is 18.4 Å². The van der Waals surface area contributed by atoms with Crippen LogP contribution in [0.25, 0.3) is 16.8 Å². The Morgan fingerprint density at radius 2 is 1.64 bits per heavy atom. The first-order valence-corrected chi connectivity index (χ1v) is 11.9. The number of hydrogen-bond acceptors (Lipinski definition) is 4. The third-order valence-electron chi connectivity index (χ3n) is 6.43. The Morgan fingerprint density at radius 3 is 2.36 bits per heavy atom. The van der Waals surface area contributed by atoms with Crippen molar-refractivity contribution in [3.05, 3.63) is 120 Å². The highest BCUT2D eigenvalue weighted by Crippen LogP contribution is 2.28. The molecule has 3 N–H and O–H groups in total. The van der Waals surface area contributed by atoms with Gasteiger partial charge in [-0.25, -0.2) is 4.98 Å². The standard InChI is InChI=1S/C30H30N4O.ClH/c1-21-25(14-9-15-27(21)24-12-7-4-8-13-24)20-35-26-16-17-29-33-28(18-31)30(34(29)19-26)32-22(2)23-10-5-3-6-11-23;/h3-17,19,22,32H,18,20,31H2,1-2H3;1H. The molecule has 0 aliphatic rings. The molecule has 0 amide bonds. The largest absolute Gasteiger partial charge is 0.487 e. The lowest BCUT2D eigenvalue weighted by atomic mass is 9.97. The van der Waals surface area contributed by atoms with Crippen LogP contribution in [0.4, 0.5) is 5.82 Å². The van der Waals surface area contributed by atoms with Crippen LogP contribution in [0.3, 0.4) is 0 Å². The molecule has 0 aliphatic carbocycles. The SMILES string of the molecule is Cc1c(COc2ccc3nc(CN)c(NC(C)c4ccccc4)n3c2)cccc1-c1ccccc1.Cl. The van der Waals surface area contributed by atoms with E-state index in [1.54, 1.807) is 0 Å². The van der Waals surface area contributed by atoms with Crippen molar-refractivity contribution in [3.8, 4) is 16.9 Å². The zero-order valence-corrected chi connectivity index (χ0v) is 21.3. The summed E-state index contributed by atoms with van der Waals surface area (Å²) in [5.41, 5.74) is 13.7. The Labute approximate surface area is 218 Å². The van der Waals surface area contributed by atoms with Crippen LogP contribution in [-0.4, -0.2) is 9.38 Å².